The van der Waals surface area contributed by atoms with Crippen LogP contribution < -0.4 is 5.32 Å². The zero-order chi connectivity index (χ0) is 23.9. The molecule has 0 unspecified atom stereocenters. The number of aromatic nitrogens is 3. The van der Waals surface area contributed by atoms with Gasteiger partial charge >= 0.3 is 5.97 Å². The quantitative estimate of drug-likeness (QED) is 0.392. The second-order valence-electron chi connectivity index (χ2n) is 8.30. The monoisotopic (exact) mass is 479 g/mol. The van der Waals surface area contributed by atoms with Crippen molar-refractivity contribution in [2.24, 2.45) is 0 Å². The molecule has 9 heteroatoms. The van der Waals surface area contributed by atoms with Gasteiger partial charge in [-0.3, -0.25) is 14.3 Å². The van der Waals surface area contributed by atoms with Crippen LogP contribution in [0.25, 0.3) is 5.69 Å². The van der Waals surface area contributed by atoms with E-state index in [-0.39, 0.29) is 18.6 Å². The number of benzene rings is 2. The van der Waals surface area contributed by atoms with Crippen molar-refractivity contribution in [2.75, 3.05) is 26.0 Å². The average Bonchev–Trinajstić information content (AvgIpc) is 3.25. The van der Waals surface area contributed by atoms with E-state index in [1.807, 2.05) is 35.9 Å². The zero-order valence-corrected chi connectivity index (χ0v) is 20.3. The van der Waals surface area contributed by atoms with Gasteiger partial charge in [0, 0.05) is 31.4 Å². The maximum Gasteiger partial charge on any atom is 0.338 e. The van der Waals surface area contributed by atoms with E-state index in [9.17, 15) is 9.59 Å². The largest absolute Gasteiger partial charge is 0.452 e. The molecular weight excluding hydrogens is 450 g/mol. The molecule has 1 fully saturated rings. The molecule has 8 nitrogen and oxygen atoms in total. The lowest BCUT2D eigenvalue weighted by Gasteiger charge is -2.32. The molecule has 0 saturated carbocycles. The standard InChI is InChI=1S/C25H29N5O3S/c1-18-27-28-25(34-2)30(18)22-10-8-20(9-11-22)24(32)33-17-23(31)26-21-12-14-29(15-13-21)16-19-6-4-3-5-7-19/h3-11,21H,12-17H2,1-2H3,(H,26,31). The average molecular weight is 480 g/mol. The van der Waals surface area contributed by atoms with Crippen LogP contribution in [0.15, 0.2) is 59.8 Å². The minimum absolute atomic E-state index is 0.107. The lowest BCUT2D eigenvalue weighted by molar-refractivity contribution is -0.125. The number of nitrogens with zero attached hydrogens (tertiary/aromatic N) is 4. The van der Waals surface area contributed by atoms with E-state index < -0.39 is 5.97 Å². The van der Waals surface area contributed by atoms with Gasteiger partial charge in [-0.25, -0.2) is 4.79 Å². The fourth-order valence-corrected chi connectivity index (χ4v) is 4.62. The second-order valence-corrected chi connectivity index (χ2v) is 9.07. The third kappa shape index (κ3) is 6.03. The highest BCUT2D eigenvalue weighted by molar-refractivity contribution is 7.98. The maximum atomic E-state index is 12.4. The normalized spacial score (nSPS) is 14.6. The van der Waals surface area contributed by atoms with Crippen molar-refractivity contribution in [3.05, 3.63) is 71.5 Å². The minimum atomic E-state index is -0.523. The summed E-state index contributed by atoms with van der Waals surface area (Å²) in [6.07, 6.45) is 3.70. The Labute approximate surface area is 203 Å². The van der Waals surface area contributed by atoms with Crippen LogP contribution in [0.2, 0.25) is 0 Å². The number of rotatable bonds is 8. The van der Waals surface area contributed by atoms with Crippen molar-refractivity contribution in [2.45, 2.75) is 37.5 Å². The Morgan fingerprint density at radius 1 is 1.06 bits per heavy atom. The summed E-state index contributed by atoms with van der Waals surface area (Å²) in [5, 5.41) is 12.0. The number of amides is 1. The Bertz CT molecular complexity index is 1110. The summed E-state index contributed by atoms with van der Waals surface area (Å²) in [5.41, 5.74) is 2.55. The van der Waals surface area contributed by atoms with Crippen LogP contribution in [0, 0.1) is 6.92 Å². The first-order valence-electron chi connectivity index (χ1n) is 11.3. The first kappa shape index (κ1) is 24.0. The van der Waals surface area contributed by atoms with E-state index in [4.69, 9.17) is 4.74 Å². The summed E-state index contributed by atoms with van der Waals surface area (Å²) < 4.78 is 7.15. The van der Waals surface area contributed by atoms with Crippen molar-refractivity contribution in [1.29, 1.82) is 0 Å². The smallest absolute Gasteiger partial charge is 0.338 e. The van der Waals surface area contributed by atoms with Gasteiger partial charge in [0.15, 0.2) is 11.8 Å². The molecule has 4 rings (SSSR count). The van der Waals surface area contributed by atoms with Crippen LogP contribution in [0.3, 0.4) is 0 Å². The van der Waals surface area contributed by atoms with Gasteiger partial charge < -0.3 is 10.1 Å². The number of carbonyl (C=O) groups excluding carboxylic acids is 2. The molecule has 178 valence electrons. The molecule has 0 bridgehead atoms. The van der Waals surface area contributed by atoms with Gasteiger partial charge in [0.05, 0.1) is 5.56 Å². The van der Waals surface area contributed by atoms with E-state index in [1.54, 1.807) is 12.1 Å². The van der Waals surface area contributed by atoms with Gasteiger partial charge in [-0.2, -0.15) is 0 Å². The molecule has 0 spiro atoms. The topological polar surface area (TPSA) is 89.4 Å². The second kappa shape index (κ2) is 11.3. The summed E-state index contributed by atoms with van der Waals surface area (Å²) in [6.45, 7) is 4.37. The van der Waals surface area contributed by atoms with Gasteiger partial charge in [0.2, 0.25) is 0 Å². The molecule has 2 heterocycles. The predicted octanol–water partition coefficient (Wildman–Crippen LogP) is 3.24. The zero-order valence-electron chi connectivity index (χ0n) is 19.4. The van der Waals surface area contributed by atoms with Crippen molar-refractivity contribution >= 4 is 23.6 Å². The number of likely N-dealkylation sites (tertiary alicyclic amines) is 1. The number of ether oxygens (including phenoxy) is 1. The molecule has 1 saturated heterocycles. The van der Waals surface area contributed by atoms with E-state index >= 15 is 0 Å². The summed E-state index contributed by atoms with van der Waals surface area (Å²) in [7, 11) is 0. The number of thioether (sulfide) groups is 1. The molecule has 2 aromatic carbocycles. The van der Waals surface area contributed by atoms with Gasteiger partial charge in [-0.05, 0) is 55.9 Å². The third-order valence-electron chi connectivity index (χ3n) is 5.87. The molecule has 1 aliphatic heterocycles. The van der Waals surface area contributed by atoms with Crippen molar-refractivity contribution in [1.82, 2.24) is 25.0 Å². The van der Waals surface area contributed by atoms with Crippen LogP contribution in [-0.4, -0.2) is 63.5 Å². The minimum Gasteiger partial charge on any atom is -0.452 e. The van der Waals surface area contributed by atoms with Crippen LogP contribution in [-0.2, 0) is 16.1 Å². The van der Waals surface area contributed by atoms with E-state index in [0.717, 1.165) is 49.1 Å². The highest BCUT2D eigenvalue weighted by Gasteiger charge is 2.21. The number of aryl methyl sites for hydroxylation is 1. The first-order chi connectivity index (χ1) is 16.5. The number of piperidine rings is 1. The molecule has 34 heavy (non-hydrogen) atoms. The van der Waals surface area contributed by atoms with E-state index in [0.29, 0.717) is 5.56 Å². The summed E-state index contributed by atoms with van der Waals surface area (Å²) in [4.78, 5) is 27.1. The van der Waals surface area contributed by atoms with E-state index in [1.165, 1.54) is 17.3 Å². The highest BCUT2D eigenvalue weighted by atomic mass is 32.2. The maximum absolute atomic E-state index is 12.4. The van der Waals surface area contributed by atoms with Crippen LogP contribution >= 0.6 is 11.8 Å². The number of hydrogen-bond acceptors (Lipinski definition) is 7. The first-order valence-corrected chi connectivity index (χ1v) is 12.5. The summed E-state index contributed by atoms with van der Waals surface area (Å²) in [6, 6.07) is 17.5. The third-order valence-corrected chi connectivity index (χ3v) is 6.50. The molecule has 0 aliphatic carbocycles. The lowest BCUT2D eigenvalue weighted by atomic mass is 10.0. The summed E-state index contributed by atoms with van der Waals surface area (Å²) in [5.74, 6) is -0.0246. The Balaban J connectivity index is 1.21. The lowest BCUT2D eigenvalue weighted by Crippen LogP contribution is -2.45. The SMILES string of the molecule is CSc1nnc(C)n1-c1ccc(C(=O)OCC(=O)NC2CCN(Cc3ccccc3)CC2)cc1. The van der Waals surface area contributed by atoms with Crippen molar-refractivity contribution in [3.63, 3.8) is 0 Å². The van der Waals surface area contributed by atoms with Gasteiger partial charge in [0.1, 0.15) is 5.82 Å². The Morgan fingerprint density at radius 2 is 1.76 bits per heavy atom. The van der Waals surface area contributed by atoms with Crippen molar-refractivity contribution < 1.29 is 14.3 Å². The van der Waals surface area contributed by atoms with Crippen LogP contribution in [0.1, 0.15) is 34.6 Å². The van der Waals surface area contributed by atoms with Gasteiger partial charge in [-0.15, -0.1) is 10.2 Å². The Hall–Kier alpha value is -3.17. The number of nitrogens with one attached hydrogen (secondary N) is 1. The van der Waals surface area contributed by atoms with Gasteiger partial charge in [0.25, 0.3) is 5.91 Å². The highest BCUT2D eigenvalue weighted by Crippen LogP contribution is 2.20. The fourth-order valence-electron chi connectivity index (χ4n) is 4.08. The van der Waals surface area contributed by atoms with Crippen molar-refractivity contribution in [3.8, 4) is 5.69 Å². The number of hydrogen-bond donors (Lipinski definition) is 1. The molecule has 1 amide bonds. The van der Waals surface area contributed by atoms with Gasteiger partial charge in [-0.1, -0.05) is 42.1 Å². The Morgan fingerprint density at radius 3 is 2.44 bits per heavy atom. The summed E-state index contributed by atoms with van der Waals surface area (Å²) >= 11 is 1.50. The molecule has 1 aliphatic rings. The van der Waals surface area contributed by atoms with Crippen LogP contribution in [0.5, 0.6) is 0 Å². The molecule has 0 radical (unpaired) electrons. The molecule has 1 N–H and O–H groups in total. The Kier molecular flexibility index (Phi) is 7.97. The van der Waals surface area contributed by atoms with E-state index in [2.05, 4.69) is 44.7 Å². The molecular formula is C25H29N5O3S. The molecule has 0 atom stereocenters. The van der Waals surface area contributed by atoms with Crippen LogP contribution in [0.4, 0.5) is 0 Å². The number of carbonyl (C=O) groups is 2. The molecule has 1 aromatic heterocycles. The number of esters is 1. The predicted molar refractivity (Wildman–Crippen MR) is 131 cm³/mol. The fraction of sp³-hybridized carbons (Fsp3) is 0.360. The molecule has 3 aromatic rings.